The Kier molecular flexibility index (Phi) is 7.99. The van der Waals surface area contributed by atoms with Crippen LogP contribution in [0.1, 0.15) is 38.7 Å². The van der Waals surface area contributed by atoms with Crippen molar-refractivity contribution in [1.29, 1.82) is 5.26 Å². The summed E-state index contributed by atoms with van der Waals surface area (Å²) in [5, 5.41) is 11.6. The maximum atomic E-state index is 12.7. The number of nitrogens with zero attached hydrogens (tertiary/aromatic N) is 2. The van der Waals surface area contributed by atoms with E-state index in [4.69, 9.17) is 0 Å². The first-order chi connectivity index (χ1) is 11.8. The molecule has 7 heteroatoms. The molecule has 0 unspecified atom stereocenters. The third-order valence-electron chi connectivity index (χ3n) is 3.43. The van der Waals surface area contributed by atoms with Gasteiger partial charge in [0, 0.05) is 25.0 Å². The second-order valence-electron chi connectivity index (χ2n) is 5.58. The second kappa shape index (κ2) is 9.72. The lowest BCUT2D eigenvalue weighted by Crippen LogP contribution is -2.23. The quantitative estimate of drug-likeness (QED) is 0.550. The predicted molar refractivity (Wildman–Crippen MR) is 90.5 cm³/mol. The van der Waals surface area contributed by atoms with E-state index < -0.39 is 17.6 Å². The van der Waals surface area contributed by atoms with Crippen LogP contribution >= 0.6 is 0 Å². The van der Waals surface area contributed by atoms with Gasteiger partial charge in [-0.05, 0) is 31.0 Å². The van der Waals surface area contributed by atoms with Crippen LogP contribution in [0.4, 0.5) is 18.9 Å². The van der Waals surface area contributed by atoms with Crippen LogP contribution in [0.15, 0.2) is 36.0 Å². The van der Waals surface area contributed by atoms with Gasteiger partial charge < -0.3 is 10.2 Å². The lowest BCUT2D eigenvalue weighted by Gasteiger charge is -2.19. The number of unbranched alkanes of at least 4 members (excludes halogenated alkanes) is 1. The highest BCUT2D eigenvalue weighted by atomic mass is 19.4. The number of hydrogen-bond acceptors (Lipinski definition) is 3. The fourth-order valence-corrected chi connectivity index (χ4v) is 2.18. The minimum absolute atomic E-state index is 0.00317. The molecule has 0 bridgehead atoms. The zero-order chi connectivity index (χ0) is 18.9. The van der Waals surface area contributed by atoms with Crippen molar-refractivity contribution in [2.75, 3.05) is 18.4 Å². The third-order valence-corrected chi connectivity index (χ3v) is 3.43. The molecule has 1 rings (SSSR count). The summed E-state index contributed by atoms with van der Waals surface area (Å²) in [7, 11) is 0. The number of carbonyl (C=O) groups is 1. The lowest BCUT2D eigenvalue weighted by molar-refractivity contribution is -0.137. The SMILES string of the molecule is CCCCN(/C=C(/C#N)C(=O)Nc1cccc(C(F)(F)F)c1)CCC. The summed E-state index contributed by atoms with van der Waals surface area (Å²) < 4.78 is 38.2. The van der Waals surface area contributed by atoms with Crippen LogP contribution in [0.3, 0.4) is 0 Å². The molecular weight excluding hydrogens is 331 g/mol. The van der Waals surface area contributed by atoms with Crippen LogP contribution in [0.2, 0.25) is 0 Å². The molecular formula is C18H22F3N3O. The summed E-state index contributed by atoms with van der Waals surface area (Å²) in [5.74, 6) is -0.723. The average molecular weight is 353 g/mol. The molecule has 0 heterocycles. The van der Waals surface area contributed by atoms with Crippen molar-refractivity contribution in [1.82, 2.24) is 4.90 Å². The molecule has 136 valence electrons. The Morgan fingerprint density at radius 1 is 1.28 bits per heavy atom. The Bertz CT molecular complexity index is 648. The predicted octanol–water partition coefficient (Wildman–Crippen LogP) is 4.56. The molecule has 0 radical (unpaired) electrons. The summed E-state index contributed by atoms with van der Waals surface area (Å²) in [6.45, 7) is 5.44. The van der Waals surface area contributed by atoms with Gasteiger partial charge in [-0.25, -0.2) is 0 Å². The number of nitrogens with one attached hydrogen (secondary N) is 1. The number of amides is 1. The van der Waals surface area contributed by atoms with Crippen LogP contribution in [0.5, 0.6) is 0 Å². The molecule has 0 aliphatic heterocycles. The van der Waals surface area contributed by atoms with E-state index in [0.717, 1.165) is 31.4 Å². The number of anilines is 1. The van der Waals surface area contributed by atoms with Gasteiger partial charge in [0.1, 0.15) is 11.6 Å². The van der Waals surface area contributed by atoms with Gasteiger partial charge in [-0.3, -0.25) is 4.79 Å². The highest BCUT2D eigenvalue weighted by Crippen LogP contribution is 2.30. The molecule has 0 aromatic heterocycles. The summed E-state index contributed by atoms with van der Waals surface area (Å²) in [6.07, 6.45) is -0.264. The molecule has 0 saturated carbocycles. The lowest BCUT2D eigenvalue weighted by atomic mass is 10.2. The first-order valence-corrected chi connectivity index (χ1v) is 8.16. The maximum absolute atomic E-state index is 12.7. The van der Waals surface area contributed by atoms with E-state index in [9.17, 15) is 23.2 Å². The van der Waals surface area contributed by atoms with E-state index >= 15 is 0 Å². The number of benzene rings is 1. The van der Waals surface area contributed by atoms with Crippen LogP contribution < -0.4 is 5.32 Å². The molecule has 0 fully saturated rings. The standard InChI is InChI=1S/C18H22F3N3O/c1-3-5-10-24(9-4-2)13-14(12-22)17(25)23-16-8-6-7-15(11-16)18(19,20)21/h6-8,11,13H,3-5,9-10H2,1-2H3,(H,23,25)/b14-13-. The van der Waals surface area contributed by atoms with E-state index in [1.54, 1.807) is 0 Å². The number of alkyl halides is 3. The number of halogens is 3. The van der Waals surface area contributed by atoms with E-state index in [-0.39, 0.29) is 11.3 Å². The average Bonchev–Trinajstić information content (AvgIpc) is 2.56. The molecule has 0 aliphatic carbocycles. The number of hydrogen-bond donors (Lipinski definition) is 1. The van der Waals surface area contributed by atoms with Crippen LogP contribution in [-0.4, -0.2) is 23.9 Å². The largest absolute Gasteiger partial charge is 0.416 e. The van der Waals surface area contributed by atoms with E-state index in [0.29, 0.717) is 13.1 Å². The monoisotopic (exact) mass is 353 g/mol. The summed E-state index contributed by atoms with van der Waals surface area (Å²) in [4.78, 5) is 14.1. The van der Waals surface area contributed by atoms with Crippen LogP contribution in [-0.2, 0) is 11.0 Å². The molecule has 0 atom stereocenters. The van der Waals surface area contributed by atoms with Gasteiger partial charge in [-0.2, -0.15) is 18.4 Å². The third kappa shape index (κ3) is 6.87. The van der Waals surface area contributed by atoms with Crippen molar-refractivity contribution in [3.63, 3.8) is 0 Å². The van der Waals surface area contributed by atoms with Crippen molar-refractivity contribution in [2.24, 2.45) is 0 Å². The molecule has 1 amide bonds. The summed E-state index contributed by atoms with van der Waals surface area (Å²) >= 11 is 0. The van der Waals surface area contributed by atoms with Crippen molar-refractivity contribution in [3.8, 4) is 6.07 Å². The van der Waals surface area contributed by atoms with Crippen molar-refractivity contribution in [3.05, 3.63) is 41.6 Å². The van der Waals surface area contributed by atoms with Crippen LogP contribution in [0.25, 0.3) is 0 Å². The number of carbonyl (C=O) groups excluding carboxylic acids is 1. The molecule has 4 nitrogen and oxygen atoms in total. The highest BCUT2D eigenvalue weighted by molar-refractivity contribution is 6.06. The zero-order valence-electron chi connectivity index (χ0n) is 14.4. The zero-order valence-corrected chi connectivity index (χ0v) is 14.4. The fourth-order valence-electron chi connectivity index (χ4n) is 2.18. The molecule has 1 aromatic rings. The van der Waals surface area contributed by atoms with Crippen LogP contribution in [0, 0.1) is 11.3 Å². The molecule has 25 heavy (non-hydrogen) atoms. The minimum atomic E-state index is -4.49. The first-order valence-electron chi connectivity index (χ1n) is 8.16. The highest BCUT2D eigenvalue weighted by Gasteiger charge is 2.30. The van der Waals surface area contributed by atoms with Gasteiger partial charge in [0.15, 0.2) is 0 Å². The molecule has 1 N–H and O–H groups in total. The molecule has 0 aliphatic rings. The van der Waals surface area contributed by atoms with Gasteiger partial charge in [-0.15, -0.1) is 0 Å². The Labute approximate surface area is 145 Å². The Hall–Kier alpha value is -2.49. The molecule has 0 saturated heterocycles. The van der Waals surface area contributed by atoms with E-state index in [1.807, 2.05) is 24.8 Å². The van der Waals surface area contributed by atoms with Gasteiger partial charge in [0.25, 0.3) is 5.91 Å². The van der Waals surface area contributed by atoms with Gasteiger partial charge in [0.05, 0.1) is 5.56 Å². The van der Waals surface area contributed by atoms with E-state index in [1.165, 1.54) is 18.3 Å². The second-order valence-corrected chi connectivity index (χ2v) is 5.58. The minimum Gasteiger partial charge on any atom is -0.376 e. The molecule has 0 spiro atoms. The van der Waals surface area contributed by atoms with Crippen molar-refractivity contribution in [2.45, 2.75) is 39.3 Å². The number of rotatable bonds is 8. The van der Waals surface area contributed by atoms with E-state index in [2.05, 4.69) is 5.32 Å². The number of nitriles is 1. The maximum Gasteiger partial charge on any atom is 0.416 e. The smallest absolute Gasteiger partial charge is 0.376 e. The van der Waals surface area contributed by atoms with Gasteiger partial charge >= 0.3 is 6.18 Å². The van der Waals surface area contributed by atoms with Gasteiger partial charge in [0.2, 0.25) is 0 Å². The summed E-state index contributed by atoms with van der Waals surface area (Å²) in [5.41, 5.74) is -0.998. The van der Waals surface area contributed by atoms with Crippen molar-refractivity contribution >= 4 is 11.6 Å². The fraction of sp³-hybridized carbons (Fsp3) is 0.444. The molecule has 1 aromatic carbocycles. The Morgan fingerprint density at radius 3 is 2.56 bits per heavy atom. The van der Waals surface area contributed by atoms with Crippen molar-refractivity contribution < 1.29 is 18.0 Å². The normalized spacial score (nSPS) is 11.8. The Morgan fingerprint density at radius 2 is 2.00 bits per heavy atom. The van der Waals surface area contributed by atoms with Gasteiger partial charge in [-0.1, -0.05) is 26.3 Å². The Balaban J connectivity index is 2.92. The topological polar surface area (TPSA) is 56.1 Å². The first kappa shape index (κ1) is 20.6. The summed E-state index contributed by atoms with van der Waals surface area (Å²) in [6, 6.07) is 6.14.